The zero-order chi connectivity index (χ0) is 12.4. The first-order valence-electron chi connectivity index (χ1n) is 5.94. The summed E-state index contributed by atoms with van der Waals surface area (Å²) in [5.41, 5.74) is 0.751. The first-order valence-corrected chi connectivity index (χ1v) is 5.94. The van der Waals surface area contributed by atoms with E-state index in [1.165, 1.54) is 12.1 Å². The van der Waals surface area contributed by atoms with Gasteiger partial charge in [0.25, 0.3) is 0 Å². The Balaban J connectivity index is 2.12. The fraction of sp³-hybridized carbons (Fsp3) is 0.429. The number of hydrogen-bond acceptors (Lipinski definition) is 1. The minimum Gasteiger partial charge on any atom is -0.307 e. The van der Waals surface area contributed by atoms with Crippen LogP contribution in [0, 0.1) is 18.6 Å². The molecule has 0 bridgehead atoms. The molecule has 2 rings (SSSR count). The highest BCUT2D eigenvalue weighted by Gasteiger charge is 2.18. The highest BCUT2D eigenvalue weighted by molar-refractivity contribution is 5.27. The number of benzene rings is 1. The largest absolute Gasteiger partial charge is 0.307 e. The van der Waals surface area contributed by atoms with E-state index in [1.807, 2.05) is 6.92 Å². The van der Waals surface area contributed by atoms with E-state index >= 15 is 0 Å². The topological polar surface area (TPSA) is 12.0 Å². The number of hydrogen-bond donors (Lipinski definition) is 1. The standard InChI is InChI=1S/C14H17F2N/c1-9-7-14(16)12(8-13(9)15)10(2)17-11-5-3-4-6-11/h3-4,7-8,10-11,17H,5-6H2,1-2H3. The molecule has 0 fully saturated rings. The van der Waals surface area contributed by atoms with Crippen LogP contribution in [0.3, 0.4) is 0 Å². The summed E-state index contributed by atoms with van der Waals surface area (Å²) in [7, 11) is 0. The molecule has 3 heteroatoms. The average Bonchev–Trinajstić information content (AvgIpc) is 2.76. The van der Waals surface area contributed by atoms with Crippen molar-refractivity contribution in [3.8, 4) is 0 Å². The van der Waals surface area contributed by atoms with Crippen LogP contribution < -0.4 is 5.32 Å². The molecular weight excluding hydrogens is 220 g/mol. The Labute approximate surface area is 101 Å². The van der Waals surface area contributed by atoms with Crippen molar-refractivity contribution in [3.05, 3.63) is 47.0 Å². The Morgan fingerprint density at radius 3 is 2.47 bits per heavy atom. The molecule has 0 saturated heterocycles. The van der Waals surface area contributed by atoms with Crippen molar-refractivity contribution in [2.45, 2.75) is 38.8 Å². The van der Waals surface area contributed by atoms with Gasteiger partial charge in [-0.25, -0.2) is 8.78 Å². The molecule has 0 radical (unpaired) electrons. The molecule has 0 aliphatic heterocycles. The van der Waals surface area contributed by atoms with Crippen molar-refractivity contribution < 1.29 is 8.78 Å². The highest BCUT2D eigenvalue weighted by Crippen LogP contribution is 2.22. The Morgan fingerprint density at radius 2 is 1.82 bits per heavy atom. The van der Waals surface area contributed by atoms with E-state index in [9.17, 15) is 8.78 Å². The van der Waals surface area contributed by atoms with E-state index in [4.69, 9.17) is 0 Å². The van der Waals surface area contributed by atoms with Crippen molar-refractivity contribution in [1.29, 1.82) is 0 Å². The highest BCUT2D eigenvalue weighted by atomic mass is 19.1. The first kappa shape index (κ1) is 12.2. The normalized spacial score (nSPS) is 17.6. The van der Waals surface area contributed by atoms with Crippen molar-refractivity contribution >= 4 is 0 Å². The van der Waals surface area contributed by atoms with Crippen LogP contribution in [0.2, 0.25) is 0 Å². The maximum absolute atomic E-state index is 13.7. The second-order valence-electron chi connectivity index (χ2n) is 4.65. The molecule has 0 aromatic heterocycles. The molecule has 1 unspecified atom stereocenters. The zero-order valence-electron chi connectivity index (χ0n) is 10.1. The van der Waals surface area contributed by atoms with Gasteiger partial charge in [-0.1, -0.05) is 12.2 Å². The summed E-state index contributed by atoms with van der Waals surface area (Å²) in [6.07, 6.45) is 6.13. The number of halogens is 2. The number of nitrogens with one attached hydrogen (secondary N) is 1. The molecule has 1 aliphatic carbocycles. The second-order valence-corrected chi connectivity index (χ2v) is 4.65. The molecule has 1 atom stereocenters. The molecule has 1 aromatic carbocycles. The molecule has 1 aromatic rings. The predicted octanol–water partition coefficient (Wildman–Crippen LogP) is 3.64. The van der Waals surface area contributed by atoms with E-state index in [0.29, 0.717) is 17.2 Å². The Kier molecular flexibility index (Phi) is 3.57. The van der Waals surface area contributed by atoms with E-state index in [-0.39, 0.29) is 17.7 Å². The van der Waals surface area contributed by atoms with Gasteiger partial charge in [0.2, 0.25) is 0 Å². The number of rotatable bonds is 3. The lowest BCUT2D eigenvalue weighted by Gasteiger charge is -2.20. The third-order valence-electron chi connectivity index (χ3n) is 3.24. The molecule has 1 N–H and O–H groups in total. The fourth-order valence-electron chi connectivity index (χ4n) is 2.19. The van der Waals surface area contributed by atoms with Crippen LogP contribution in [0.25, 0.3) is 0 Å². The summed E-state index contributed by atoms with van der Waals surface area (Å²) in [5, 5.41) is 3.31. The van der Waals surface area contributed by atoms with Gasteiger partial charge in [-0.3, -0.25) is 0 Å². The molecule has 0 amide bonds. The molecule has 0 spiro atoms. The quantitative estimate of drug-likeness (QED) is 0.791. The average molecular weight is 237 g/mol. The van der Waals surface area contributed by atoms with Gasteiger partial charge in [0, 0.05) is 17.6 Å². The van der Waals surface area contributed by atoms with E-state index in [0.717, 1.165) is 12.8 Å². The van der Waals surface area contributed by atoms with Crippen LogP contribution in [-0.2, 0) is 0 Å². The molecule has 1 nitrogen and oxygen atoms in total. The molecular formula is C14H17F2N. The lowest BCUT2D eigenvalue weighted by atomic mass is 10.0. The summed E-state index contributed by atoms with van der Waals surface area (Å²) in [4.78, 5) is 0. The van der Waals surface area contributed by atoms with Gasteiger partial charge < -0.3 is 5.32 Å². The summed E-state index contributed by atoms with van der Waals surface area (Å²) in [5.74, 6) is -0.686. The first-order chi connectivity index (χ1) is 8.08. The maximum Gasteiger partial charge on any atom is 0.128 e. The summed E-state index contributed by atoms with van der Waals surface area (Å²) in [6.45, 7) is 3.44. The van der Waals surface area contributed by atoms with Crippen molar-refractivity contribution in [2.75, 3.05) is 0 Å². The summed E-state index contributed by atoms with van der Waals surface area (Å²) < 4.78 is 27.2. The smallest absolute Gasteiger partial charge is 0.128 e. The van der Waals surface area contributed by atoms with Gasteiger partial charge in [0.05, 0.1) is 0 Å². The van der Waals surface area contributed by atoms with Crippen LogP contribution in [0.4, 0.5) is 8.78 Å². The molecule has 0 saturated carbocycles. The van der Waals surface area contributed by atoms with Gasteiger partial charge in [-0.15, -0.1) is 0 Å². The van der Waals surface area contributed by atoms with Crippen molar-refractivity contribution in [1.82, 2.24) is 5.32 Å². The summed E-state index contributed by atoms with van der Waals surface area (Å²) in [6, 6.07) is 2.73. The summed E-state index contributed by atoms with van der Waals surface area (Å²) >= 11 is 0. The third kappa shape index (κ3) is 2.72. The van der Waals surface area contributed by atoms with Crippen LogP contribution >= 0.6 is 0 Å². The van der Waals surface area contributed by atoms with Gasteiger partial charge in [-0.05, 0) is 44.4 Å². The minimum atomic E-state index is -0.348. The predicted molar refractivity (Wildman–Crippen MR) is 64.8 cm³/mol. The number of aryl methyl sites for hydroxylation is 1. The van der Waals surface area contributed by atoms with Gasteiger partial charge >= 0.3 is 0 Å². The van der Waals surface area contributed by atoms with E-state index < -0.39 is 0 Å². The minimum absolute atomic E-state index is 0.171. The molecule has 17 heavy (non-hydrogen) atoms. The molecule has 1 aliphatic rings. The lowest BCUT2D eigenvalue weighted by Crippen LogP contribution is -2.29. The lowest BCUT2D eigenvalue weighted by molar-refractivity contribution is 0.452. The second kappa shape index (κ2) is 4.96. The van der Waals surface area contributed by atoms with Gasteiger partial charge in [-0.2, -0.15) is 0 Å². The van der Waals surface area contributed by atoms with Crippen LogP contribution in [-0.4, -0.2) is 6.04 Å². The van der Waals surface area contributed by atoms with Crippen molar-refractivity contribution in [3.63, 3.8) is 0 Å². The van der Waals surface area contributed by atoms with Crippen molar-refractivity contribution in [2.24, 2.45) is 0 Å². The monoisotopic (exact) mass is 237 g/mol. The van der Waals surface area contributed by atoms with E-state index in [1.54, 1.807) is 6.92 Å². The zero-order valence-corrected chi connectivity index (χ0v) is 10.1. The van der Waals surface area contributed by atoms with Gasteiger partial charge in [0.15, 0.2) is 0 Å². The SMILES string of the molecule is Cc1cc(F)c(C(C)NC2CC=CC2)cc1F. The Bertz CT molecular complexity index is 432. The van der Waals surface area contributed by atoms with Crippen LogP contribution in [0.5, 0.6) is 0 Å². The third-order valence-corrected chi connectivity index (χ3v) is 3.24. The fourth-order valence-corrected chi connectivity index (χ4v) is 2.19. The van der Waals surface area contributed by atoms with Gasteiger partial charge in [0.1, 0.15) is 11.6 Å². The maximum atomic E-state index is 13.7. The molecule has 92 valence electrons. The van der Waals surface area contributed by atoms with Crippen LogP contribution in [0.15, 0.2) is 24.3 Å². The Morgan fingerprint density at radius 1 is 1.18 bits per heavy atom. The van der Waals surface area contributed by atoms with E-state index in [2.05, 4.69) is 17.5 Å². The van der Waals surface area contributed by atoms with Crippen LogP contribution in [0.1, 0.15) is 36.9 Å². The Hall–Kier alpha value is -1.22. The molecule has 0 heterocycles.